The summed E-state index contributed by atoms with van der Waals surface area (Å²) in [5.41, 5.74) is 4.30. The third-order valence-corrected chi connectivity index (χ3v) is 7.51. The highest BCUT2D eigenvalue weighted by atomic mass is 16.1. The molecule has 0 bridgehead atoms. The minimum absolute atomic E-state index is 0.116. The second kappa shape index (κ2) is 12.2. The number of pyridine rings is 2. The molecule has 1 aromatic carbocycles. The van der Waals surface area contributed by atoms with E-state index < -0.39 is 0 Å². The van der Waals surface area contributed by atoms with Crippen LogP contribution in [0.4, 0.5) is 11.6 Å². The predicted molar refractivity (Wildman–Crippen MR) is 156 cm³/mol. The van der Waals surface area contributed by atoms with Crippen molar-refractivity contribution >= 4 is 28.4 Å². The van der Waals surface area contributed by atoms with Crippen molar-refractivity contribution < 1.29 is 4.79 Å². The van der Waals surface area contributed by atoms with Crippen LogP contribution < -0.4 is 16.0 Å². The Morgan fingerprint density at radius 1 is 1.05 bits per heavy atom. The van der Waals surface area contributed by atoms with Crippen molar-refractivity contribution in [1.82, 2.24) is 30.2 Å². The summed E-state index contributed by atoms with van der Waals surface area (Å²) in [7, 11) is 1.64. The molecule has 4 heterocycles. The second-order valence-corrected chi connectivity index (χ2v) is 10.0. The van der Waals surface area contributed by atoms with Crippen molar-refractivity contribution in [3.05, 3.63) is 72.3 Å². The number of likely N-dealkylation sites (tertiary alicyclic amines) is 1. The molecule has 1 aliphatic rings. The van der Waals surface area contributed by atoms with Crippen LogP contribution in [0.25, 0.3) is 22.2 Å². The van der Waals surface area contributed by atoms with E-state index in [0.29, 0.717) is 18.2 Å². The largest absolute Gasteiger partial charge is 0.369 e. The molecule has 202 valence electrons. The zero-order valence-electron chi connectivity index (χ0n) is 22.8. The molecule has 0 unspecified atom stereocenters. The molecule has 1 saturated heterocycles. The number of rotatable bonds is 9. The number of anilines is 2. The molecule has 9 nitrogen and oxygen atoms in total. The fourth-order valence-corrected chi connectivity index (χ4v) is 5.14. The molecule has 3 N–H and O–H groups in total. The zero-order chi connectivity index (χ0) is 27.2. The highest BCUT2D eigenvalue weighted by Gasteiger charge is 2.18. The molecule has 1 aliphatic heterocycles. The van der Waals surface area contributed by atoms with E-state index in [4.69, 9.17) is 0 Å². The van der Waals surface area contributed by atoms with E-state index in [0.717, 1.165) is 71.8 Å². The number of hydrogen-bond donors (Lipinski definition) is 3. The molecule has 0 aliphatic carbocycles. The number of benzene rings is 1. The molecular formula is C30H36N8O. The van der Waals surface area contributed by atoms with E-state index in [1.54, 1.807) is 25.6 Å². The maximum absolute atomic E-state index is 12.3. The lowest BCUT2D eigenvalue weighted by Crippen LogP contribution is -2.38. The number of carbonyl (C=O) groups is 1. The van der Waals surface area contributed by atoms with E-state index in [1.807, 2.05) is 30.5 Å². The third-order valence-electron chi connectivity index (χ3n) is 7.51. The lowest BCUT2D eigenvalue weighted by Gasteiger charge is -2.31. The Labute approximate surface area is 229 Å². The minimum atomic E-state index is -0.116. The van der Waals surface area contributed by atoms with Gasteiger partial charge in [-0.2, -0.15) is 0 Å². The third kappa shape index (κ3) is 6.15. The molecule has 4 aromatic rings. The smallest absolute Gasteiger partial charge is 0.251 e. The summed E-state index contributed by atoms with van der Waals surface area (Å²) in [5, 5.41) is 10.6. The second-order valence-electron chi connectivity index (χ2n) is 10.0. The lowest BCUT2D eigenvalue weighted by atomic mass is 9.96. The molecule has 0 spiro atoms. The molecule has 9 heteroatoms. The van der Waals surface area contributed by atoms with Crippen LogP contribution in [0.2, 0.25) is 0 Å². The molecule has 3 aromatic heterocycles. The molecule has 0 saturated carbocycles. The Kier molecular flexibility index (Phi) is 8.27. The molecule has 5 rings (SSSR count). The van der Waals surface area contributed by atoms with Gasteiger partial charge in [-0.15, -0.1) is 0 Å². The van der Waals surface area contributed by atoms with Crippen molar-refractivity contribution in [2.24, 2.45) is 0 Å². The van der Waals surface area contributed by atoms with Gasteiger partial charge in [0.25, 0.3) is 5.91 Å². The van der Waals surface area contributed by atoms with Crippen molar-refractivity contribution in [2.45, 2.75) is 38.6 Å². The number of para-hydroxylation sites is 1. The SMILES string of the molecule is CCN1CCC(Nc2ccc(-c3cc(NC[C@@H](C)c4cccc5c(C(=O)NC)ccnc45)ncn3)cn2)CC1. The average molecular weight is 525 g/mol. The Bertz CT molecular complexity index is 1420. The number of amides is 1. The lowest BCUT2D eigenvalue weighted by molar-refractivity contribution is 0.0964. The van der Waals surface area contributed by atoms with Gasteiger partial charge in [0.1, 0.15) is 18.0 Å². The first-order valence-electron chi connectivity index (χ1n) is 13.7. The summed E-state index contributed by atoms with van der Waals surface area (Å²) in [6.45, 7) is 8.40. The first-order chi connectivity index (χ1) is 19.1. The van der Waals surface area contributed by atoms with Crippen molar-refractivity contribution in [2.75, 3.05) is 43.9 Å². The van der Waals surface area contributed by atoms with E-state index in [1.165, 1.54) is 0 Å². The standard InChI is InChI=1S/C30H36N8O/c1-4-38-14-11-22(12-15-38)37-27-9-8-21(18-34-27)26-16-28(36-19-35-26)33-17-20(2)23-6-5-7-24-25(30(39)31-3)10-13-32-29(23)24/h5-10,13,16,18-20,22H,4,11-12,14-15,17H2,1-3H3,(H,31,39)(H,34,37)(H,33,35,36)/t20-/m1/s1. The van der Waals surface area contributed by atoms with Crippen LogP contribution in [-0.2, 0) is 0 Å². The van der Waals surface area contributed by atoms with E-state index >= 15 is 0 Å². The van der Waals surface area contributed by atoms with Gasteiger partial charge in [0.05, 0.1) is 16.8 Å². The normalized spacial score (nSPS) is 15.2. The van der Waals surface area contributed by atoms with Crippen LogP contribution in [0, 0.1) is 0 Å². The fourth-order valence-electron chi connectivity index (χ4n) is 5.14. The van der Waals surface area contributed by atoms with Gasteiger partial charge in [-0.25, -0.2) is 15.0 Å². The molecule has 39 heavy (non-hydrogen) atoms. The van der Waals surface area contributed by atoms with Gasteiger partial charge >= 0.3 is 0 Å². The summed E-state index contributed by atoms with van der Waals surface area (Å²) in [6.07, 6.45) is 7.41. The van der Waals surface area contributed by atoms with Crippen LogP contribution in [0.3, 0.4) is 0 Å². The molecule has 1 fully saturated rings. The fraction of sp³-hybridized carbons (Fsp3) is 0.367. The van der Waals surface area contributed by atoms with E-state index in [9.17, 15) is 4.79 Å². The van der Waals surface area contributed by atoms with E-state index in [-0.39, 0.29) is 11.8 Å². The van der Waals surface area contributed by atoms with Crippen molar-refractivity contribution in [3.8, 4) is 11.3 Å². The average Bonchev–Trinajstić information content (AvgIpc) is 2.99. The Hall–Kier alpha value is -4.11. The number of aromatic nitrogens is 4. The van der Waals surface area contributed by atoms with Crippen molar-refractivity contribution in [3.63, 3.8) is 0 Å². The number of fused-ring (bicyclic) bond motifs is 1. The zero-order valence-corrected chi connectivity index (χ0v) is 22.8. The minimum Gasteiger partial charge on any atom is -0.369 e. The maximum atomic E-state index is 12.3. The first-order valence-corrected chi connectivity index (χ1v) is 13.7. The number of hydrogen-bond acceptors (Lipinski definition) is 8. The van der Waals surface area contributed by atoms with E-state index in [2.05, 4.69) is 66.8 Å². The molecular weight excluding hydrogens is 488 g/mol. The Morgan fingerprint density at radius 2 is 1.90 bits per heavy atom. The predicted octanol–water partition coefficient (Wildman–Crippen LogP) is 4.56. The summed E-state index contributed by atoms with van der Waals surface area (Å²) in [4.78, 5) is 32.9. The molecule has 1 amide bonds. The first kappa shape index (κ1) is 26.5. The highest BCUT2D eigenvalue weighted by molar-refractivity contribution is 6.06. The van der Waals surface area contributed by atoms with Gasteiger partial charge in [-0.05, 0) is 43.1 Å². The molecule has 0 radical (unpaired) electrons. The Balaban J connectivity index is 1.23. The van der Waals surface area contributed by atoms with Gasteiger partial charge in [0.15, 0.2) is 0 Å². The number of nitrogens with one attached hydrogen (secondary N) is 3. The highest BCUT2D eigenvalue weighted by Crippen LogP contribution is 2.27. The summed E-state index contributed by atoms with van der Waals surface area (Å²) in [5.74, 6) is 1.67. The number of carbonyl (C=O) groups excluding carboxylic acids is 1. The number of piperidine rings is 1. The van der Waals surface area contributed by atoms with Gasteiger partial charge in [-0.3, -0.25) is 9.78 Å². The Morgan fingerprint density at radius 3 is 2.64 bits per heavy atom. The van der Waals surface area contributed by atoms with Crippen molar-refractivity contribution in [1.29, 1.82) is 0 Å². The van der Waals surface area contributed by atoms with Crippen LogP contribution in [-0.4, -0.2) is 70.0 Å². The monoisotopic (exact) mass is 524 g/mol. The van der Waals surface area contributed by atoms with Crippen LogP contribution in [0.5, 0.6) is 0 Å². The quantitative estimate of drug-likeness (QED) is 0.293. The topological polar surface area (TPSA) is 108 Å². The van der Waals surface area contributed by atoms with Gasteiger partial charge in [0, 0.05) is 68.1 Å². The van der Waals surface area contributed by atoms with Gasteiger partial charge in [-0.1, -0.05) is 32.0 Å². The van der Waals surface area contributed by atoms with Crippen LogP contribution in [0.1, 0.15) is 48.5 Å². The number of nitrogens with zero attached hydrogens (tertiary/aromatic N) is 5. The van der Waals surface area contributed by atoms with Gasteiger partial charge < -0.3 is 20.9 Å². The van der Waals surface area contributed by atoms with Gasteiger partial charge in [0.2, 0.25) is 0 Å². The summed E-state index contributed by atoms with van der Waals surface area (Å²) < 4.78 is 0. The maximum Gasteiger partial charge on any atom is 0.251 e. The van der Waals surface area contributed by atoms with Crippen LogP contribution in [0.15, 0.2) is 61.2 Å². The summed E-state index contributed by atoms with van der Waals surface area (Å²) in [6, 6.07) is 14.2. The molecule has 1 atom stereocenters. The van der Waals surface area contributed by atoms with Crippen LogP contribution >= 0.6 is 0 Å². The summed E-state index contributed by atoms with van der Waals surface area (Å²) >= 11 is 0.